The standard InChI is InChI=1S/C15H24N2O2/c1-5-10(2)14(16)15(18)17-11(3)12-8-6-7-9-13(12)19-4/h6-11,14H,5,16H2,1-4H3,(H,17,18)/t10-,11?,14-/m0/s1. The van der Waals surface area contributed by atoms with E-state index in [4.69, 9.17) is 10.5 Å². The zero-order valence-electron chi connectivity index (χ0n) is 12.1. The van der Waals surface area contributed by atoms with Crippen LogP contribution in [0.2, 0.25) is 0 Å². The quantitative estimate of drug-likeness (QED) is 0.828. The topological polar surface area (TPSA) is 64.4 Å². The van der Waals surface area contributed by atoms with Crippen LogP contribution in [-0.2, 0) is 4.79 Å². The van der Waals surface area contributed by atoms with Crippen LogP contribution < -0.4 is 15.8 Å². The van der Waals surface area contributed by atoms with Crippen LogP contribution in [0, 0.1) is 5.92 Å². The molecule has 0 fully saturated rings. The van der Waals surface area contributed by atoms with Crippen LogP contribution in [0.3, 0.4) is 0 Å². The zero-order valence-corrected chi connectivity index (χ0v) is 12.1. The number of para-hydroxylation sites is 1. The fourth-order valence-electron chi connectivity index (χ4n) is 1.92. The highest BCUT2D eigenvalue weighted by molar-refractivity contribution is 5.82. The number of nitrogens with one attached hydrogen (secondary N) is 1. The molecule has 0 aromatic heterocycles. The number of nitrogens with two attached hydrogens (primary N) is 1. The minimum atomic E-state index is -0.470. The summed E-state index contributed by atoms with van der Waals surface area (Å²) in [5, 5.41) is 2.94. The monoisotopic (exact) mass is 264 g/mol. The second-order valence-electron chi connectivity index (χ2n) is 4.88. The predicted molar refractivity (Wildman–Crippen MR) is 77.0 cm³/mol. The highest BCUT2D eigenvalue weighted by atomic mass is 16.5. The molecule has 0 spiro atoms. The summed E-state index contributed by atoms with van der Waals surface area (Å²) in [7, 11) is 1.62. The van der Waals surface area contributed by atoms with Crippen LogP contribution in [0.1, 0.15) is 38.8 Å². The van der Waals surface area contributed by atoms with E-state index in [1.807, 2.05) is 45.0 Å². The van der Waals surface area contributed by atoms with Gasteiger partial charge in [-0.1, -0.05) is 38.5 Å². The second-order valence-corrected chi connectivity index (χ2v) is 4.88. The van der Waals surface area contributed by atoms with Gasteiger partial charge in [-0.3, -0.25) is 4.79 Å². The highest BCUT2D eigenvalue weighted by Gasteiger charge is 2.22. The Hall–Kier alpha value is -1.55. The van der Waals surface area contributed by atoms with E-state index in [0.717, 1.165) is 17.7 Å². The molecular formula is C15H24N2O2. The lowest BCUT2D eigenvalue weighted by Crippen LogP contribution is -2.45. The molecule has 106 valence electrons. The van der Waals surface area contributed by atoms with Crippen molar-refractivity contribution in [3.63, 3.8) is 0 Å². The molecule has 0 aliphatic carbocycles. The lowest BCUT2D eigenvalue weighted by Gasteiger charge is -2.22. The Labute approximate surface area is 115 Å². The number of carbonyl (C=O) groups excluding carboxylic acids is 1. The van der Waals surface area contributed by atoms with Gasteiger partial charge < -0.3 is 15.8 Å². The van der Waals surface area contributed by atoms with Crippen molar-refractivity contribution in [1.29, 1.82) is 0 Å². The third-order valence-electron chi connectivity index (χ3n) is 3.52. The lowest BCUT2D eigenvalue weighted by atomic mass is 9.98. The average Bonchev–Trinajstić information content (AvgIpc) is 2.45. The second kappa shape index (κ2) is 7.14. The molecule has 0 radical (unpaired) electrons. The van der Waals surface area contributed by atoms with Crippen LogP contribution in [0.15, 0.2) is 24.3 Å². The van der Waals surface area contributed by atoms with Gasteiger partial charge in [-0.2, -0.15) is 0 Å². The first-order chi connectivity index (χ1) is 9.01. The third-order valence-corrected chi connectivity index (χ3v) is 3.52. The average molecular weight is 264 g/mol. The van der Waals surface area contributed by atoms with Gasteiger partial charge in [-0.25, -0.2) is 0 Å². The van der Waals surface area contributed by atoms with Crippen molar-refractivity contribution in [3.05, 3.63) is 29.8 Å². The number of rotatable bonds is 6. The molecule has 0 aliphatic rings. The van der Waals surface area contributed by atoms with Crippen LogP contribution in [0.25, 0.3) is 0 Å². The molecule has 1 rings (SSSR count). The molecule has 1 aromatic carbocycles. The van der Waals surface area contributed by atoms with Gasteiger partial charge in [0.2, 0.25) is 5.91 Å². The van der Waals surface area contributed by atoms with E-state index in [0.29, 0.717) is 0 Å². The van der Waals surface area contributed by atoms with Crippen LogP contribution in [-0.4, -0.2) is 19.1 Å². The first-order valence-electron chi connectivity index (χ1n) is 6.70. The van der Waals surface area contributed by atoms with Crippen molar-refractivity contribution >= 4 is 5.91 Å². The summed E-state index contributed by atoms with van der Waals surface area (Å²) in [5.74, 6) is 0.824. The van der Waals surface area contributed by atoms with E-state index in [2.05, 4.69) is 5.32 Å². The summed E-state index contributed by atoms with van der Waals surface area (Å²) in [5.41, 5.74) is 6.88. The molecule has 4 heteroatoms. The van der Waals surface area contributed by atoms with Gasteiger partial charge in [0, 0.05) is 5.56 Å². The van der Waals surface area contributed by atoms with Gasteiger partial charge >= 0.3 is 0 Å². The predicted octanol–water partition coefficient (Wildman–Crippen LogP) is 2.25. The van der Waals surface area contributed by atoms with Crippen LogP contribution >= 0.6 is 0 Å². The molecule has 19 heavy (non-hydrogen) atoms. The number of benzene rings is 1. The molecule has 1 aromatic rings. The summed E-state index contributed by atoms with van der Waals surface area (Å²) >= 11 is 0. The number of ether oxygens (including phenoxy) is 1. The van der Waals surface area contributed by atoms with Gasteiger partial charge in [0.25, 0.3) is 0 Å². The van der Waals surface area contributed by atoms with Crippen LogP contribution in [0.5, 0.6) is 5.75 Å². The Balaban J connectivity index is 2.74. The van der Waals surface area contributed by atoms with Crippen molar-refractivity contribution in [2.75, 3.05) is 7.11 Å². The Morgan fingerprint density at radius 1 is 1.37 bits per heavy atom. The minimum Gasteiger partial charge on any atom is -0.496 e. The smallest absolute Gasteiger partial charge is 0.237 e. The van der Waals surface area contributed by atoms with Crippen molar-refractivity contribution in [1.82, 2.24) is 5.32 Å². The normalized spacial score (nSPS) is 15.4. The molecule has 0 saturated heterocycles. The Morgan fingerprint density at radius 3 is 2.58 bits per heavy atom. The van der Waals surface area contributed by atoms with E-state index in [-0.39, 0.29) is 17.9 Å². The minimum absolute atomic E-state index is 0.118. The molecule has 0 bridgehead atoms. The van der Waals surface area contributed by atoms with E-state index in [1.165, 1.54) is 0 Å². The van der Waals surface area contributed by atoms with E-state index in [9.17, 15) is 4.79 Å². The number of hydrogen-bond donors (Lipinski definition) is 2. The molecule has 1 unspecified atom stereocenters. The summed E-state index contributed by atoms with van der Waals surface area (Å²) in [4.78, 5) is 12.0. The van der Waals surface area contributed by atoms with Gasteiger partial charge in [0.1, 0.15) is 5.75 Å². The van der Waals surface area contributed by atoms with Crippen molar-refractivity contribution in [3.8, 4) is 5.75 Å². The Bertz CT molecular complexity index is 420. The Kier molecular flexibility index (Phi) is 5.83. The first-order valence-corrected chi connectivity index (χ1v) is 6.70. The number of amides is 1. The van der Waals surface area contributed by atoms with Gasteiger partial charge in [-0.15, -0.1) is 0 Å². The van der Waals surface area contributed by atoms with E-state index >= 15 is 0 Å². The lowest BCUT2D eigenvalue weighted by molar-refractivity contribution is -0.124. The van der Waals surface area contributed by atoms with Crippen molar-refractivity contribution in [2.45, 2.75) is 39.3 Å². The molecule has 0 heterocycles. The molecule has 1 amide bonds. The number of carbonyl (C=O) groups is 1. The van der Waals surface area contributed by atoms with Gasteiger partial charge in [-0.05, 0) is 18.9 Å². The van der Waals surface area contributed by atoms with Gasteiger partial charge in [0.05, 0.1) is 19.2 Å². The molecule has 0 aliphatic heterocycles. The zero-order chi connectivity index (χ0) is 14.4. The molecule has 3 N–H and O–H groups in total. The summed E-state index contributed by atoms with van der Waals surface area (Å²) in [6.07, 6.45) is 0.887. The van der Waals surface area contributed by atoms with E-state index < -0.39 is 6.04 Å². The molecule has 0 saturated carbocycles. The van der Waals surface area contributed by atoms with Gasteiger partial charge in [0.15, 0.2) is 0 Å². The summed E-state index contributed by atoms with van der Waals surface area (Å²) in [6, 6.07) is 7.06. The van der Waals surface area contributed by atoms with Crippen molar-refractivity contribution < 1.29 is 9.53 Å². The maximum Gasteiger partial charge on any atom is 0.237 e. The molecule has 3 atom stereocenters. The third kappa shape index (κ3) is 3.96. The number of methoxy groups -OCH3 is 1. The maximum atomic E-state index is 12.0. The van der Waals surface area contributed by atoms with Crippen molar-refractivity contribution in [2.24, 2.45) is 11.7 Å². The summed E-state index contributed by atoms with van der Waals surface area (Å²) in [6.45, 7) is 5.94. The highest BCUT2D eigenvalue weighted by Crippen LogP contribution is 2.24. The first kappa shape index (κ1) is 15.5. The number of hydrogen-bond acceptors (Lipinski definition) is 3. The molecule has 4 nitrogen and oxygen atoms in total. The summed E-state index contributed by atoms with van der Waals surface area (Å²) < 4.78 is 5.29. The largest absolute Gasteiger partial charge is 0.496 e. The molecular weight excluding hydrogens is 240 g/mol. The maximum absolute atomic E-state index is 12.0. The van der Waals surface area contributed by atoms with Crippen LogP contribution in [0.4, 0.5) is 0 Å². The SMILES string of the molecule is CC[C@H](C)[C@H](N)C(=O)NC(C)c1ccccc1OC. The fourth-order valence-corrected chi connectivity index (χ4v) is 1.92. The Morgan fingerprint density at radius 2 is 2.00 bits per heavy atom. The van der Waals surface area contributed by atoms with E-state index in [1.54, 1.807) is 7.11 Å². The fraction of sp³-hybridized carbons (Fsp3) is 0.533.